The molecule has 0 aromatic heterocycles. The third kappa shape index (κ3) is 5.41. The number of nitrogens with one attached hydrogen (secondary N) is 1. The molecule has 2 aromatic rings. The number of ether oxygens (including phenoxy) is 4. The molecule has 27 heavy (non-hydrogen) atoms. The lowest BCUT2D eigenvalue weighted by molar-refractivity contribution is -0.116. The molecule has 6 nitrogen and oxygen atoms in total. The maximum absolute atomic E-state index is 12.2. The van der Waals surface area contributed by atoms with Gasteiger partial charge in [0.2, 0.25) is 11.7 Å². The van der Waals surface area contributed by atoms with E-state index in [1.165, 1.54) is 6.08 Å². The van der Waals surface area contributed by atoms with Gasteiger partial charge in [0.1, 0.15) is 5.75 Å². The Hall–Kier alpha value is -3.15. The molecular formula is C21H25NO5. The highest BCUT2D eigenvalue weighted by atomic mass is 16.5. The summed E-state index contributed by atoms with van der Waals surface area (Å²) < 4.78 is 21.5. The predicted octanol–water partition coefficient (Wildman–Crippen LogP) is 3.44. The number of amides is 1. The smallest absolute Gasteiger partial charge is 0.244 e. The van der Waals surface area contributed by atoms with E-state index in [2.05, 4.69) is 5.32 Å². The molecule has 0 aliphatic carbocycles. The van der Waals surface area contributed by atoms with Crippen molar-refractivity contribution in [1.82, 2.24) is 5.32 Å². The highest BCUT2D eigenvalue weighted by molar-refractivity contribution is 5.92. The van der Waals surface area contributed by atoms with Crippen LogP contribution >= 0.6 is 0 Å². The van der Waals surface area contributed by atoms with Crippen LogP contribution in [0.15, 0.2) is 42.5 Å². The number of carbonyl (C=O) groups excluding carboxylic acids is 1. The molecule has 144 valence electrons. The molecule has 0 heterocycles. The molecule has 0 atom stereocenters. The van der Waals surface area contributed by atoms with E-state index in [4.69, 9.17) is 18.9 Å². The number of rotatable bonds is 9. The minimum Gasteiger partial charge on any atom is -0.493 e. The summed E-state index contributed by atoms with van der Waals surface area (Å²) in [5.41, 5.74) is 1.68. The highest BCUT2D eigenvalue weighted by Gasteiger charge is 2.13. The summed E-state index contributed by atoms with van der Waals surface area (Å²) in [6.07, 6.45) is 3.21. The van der Waals surface area contributed by atoms with Gasteiger partial charge in [-0.2, -0.15) is 0 Å². The number of hydrogen-bond acceptors (Lipinski definition) is 5. The first-order chi connectivity index (χ1) is 13.1. The molecule has 2 rings (SSSR count). The lowest BCUT2D eigenvalue weighted by atomic mass is 10.1. The second kappa shape index (κ2) is 10.1. The molecule has 0 radical (unpaired) electrons. The SMILES string of the molecule is CCOc1ccccc1/C=C/C(=O)NCc1cc(OC)c(OC)c(OC)c1. The molecule has 0 saturated carbocycles. The number of benzene rings is 2. The van der Waals surface area contributed by atoms with Gasteiger partial charge >= 0.3 is 0 Å². The van der Waals surface area contributed by atoms with E-state index in [1.807, 2.05) is 31.2 Å². The van der Waals surface area contributed by atoms with E-state index in [1.54, 1.807) is 39.5 Å². The van der Waals surface area contributed by atoms with Crippen LogP contribution in [0.4, 0.5) is 0 Å². The lowest BCUT2D eigenvalue weighted by Gasteiger charge is -2.14. The molecule has 1 amide bonds. The van der Waals surface area contributed by atoms with Gasteiger partial charge < -0.3 is 24.3 Å². The Morgan fingerprint density at radius 1 is 1.00 bits per heavy atom. The van der Waals surface area contributed by atoms with Crippen LogP contribution in [0, 0.1) is 0 Å². The minimum absolute atomic E-state index is 0.213. The molecule has 6 heteroatoms. The second-order valence-corrected chi connectivity index (χ2v) is 5.56. The van der Waals surface area contributed by atoms with Crippen molar-refractivity contribution in [1.29, 1.82) is 0 Å². The Morgan fingerprint density at radius 3 is 2.26 bits per heavy atom. The first-order valence-electron chi connectivity index (χ1n) is 8.59. The van der Waals surface area contributed by atoms with Crippen LogP contribution in [0.1, 0.15) is 18.1 Å². The summed E-state index contributed by atoms with van der Waals surface area (Å²) in [6, 6.07) is 11.2. The maximum Gasteiger partial charge on any atom is 0.244 e. The van der Waals surface area contributed by atoms with Crippen molar-refractivity contribution in [2.75, 3.05) is 27.9 Å². The van der Waals surface area contributed by atoms with Crippen molar-refractivity contribution in [3.8, 4) is 23.0 Å². The van der Waals surface area contributed by atoms with Crippen LogP contribution in [0.5, 0.6) is 23.0 Å². The normalized spacial score (nSPS) is 10.5. The molecule has 0 aliphatic heterocycles. The van der Waals surface area contributed by atoms with Crippen LogP contribution in [0.2, 0.25) is 0 Å². The zero-order valence-corrected chi connectivity index (χ0v) is 16.1. The van der Waals surface area contributed by atoms with Crippen molar-refractivity contribution in [3.05, 3.63) is 53.6 Å². The first-order valence-corrected chi connectivity index (χ1v) is 8.59. The van der Waals surface area contributed by atoms with Gasteiger partial charge in [-0.05, 0) is 36.8 Å². The maximum atomic E-state index is 12.2. The van der Waals surface area contributed by atoms with Crippen LogP contribution in [0.3, 0.4) is 0 Å². The van der Waals surface area contributed by atoms with Crippen LogP contribution in [-0.4, -0.2) is 33.8 Å². The standard InChI is InChI=1S/C21H25NO5/c1-5-27-17-9-7-6-8-16(17)10-11-20(23)22-14-15-12-18(24-2)21(26-4)19(13-15)25-3/h6-13H,5,14H2,1-4H3,(H,22,23)/b11-10+. The van der Waals surface area contributed by atoms with Gasteiger partial charge in [-0.3, -0.25) is 4.79 Å². The second-order valence-electron chi connectivity index (χ2n) is 5.56. The number of methoxy groups -OCH3 is 3. The molecule has 0 spiro atoms. The average molecular weight is 371 g/mol. The highest BCUT2D eigenvalue weighted by Crippen LogP contribution is 2.38. The van der Waals surface area contributed by atoms with Gasteiger partial charge in [-0.25, -0.2) is 0 Å². The molecule has 0 bridgehead atoms. The zero-order valence-electron chi connectivity index (χ0n) is 16.1. The third-order valence-corrected chi connectivity index (χ3v) is 3.82. The minimum atomic E-state index is -0.213. The number of para-hydroxylation sites is 1. The third-order valence-electron chi connectivity index (χ3n) is 3.82. The topological polar surface area (TPSA) is 66.0 Å². The van der Waals surface area contributed by atoms with E-state index in [-0.39, 0.29) is 5.91 Å². The van der Waals surface area contributed by atoms with Gasteiger partial charge in [-0.1, -0.05) is 18.2 Å². The van der Waals surface area contributed by atoms with Gasteiger partial charge in [0, 0.05) is 18.2 Å². The number of carbonyl (C=O) groups is 1. The average Bonchev–Trinajstić information content (AvgIpc) is 2.70. The number of hydrogen-bond donors (Lipinski definition) is 1. The summed E-state index contributed by atoms with van der Waals surface area (Å²) in [7, 11) is 4.66. The molecular weight excluding hydrogens is 346 g/mol. The quantitative estimate of drug-likeness (QED) is 0.684. The van der Waals surface area contributed by atoms with E-state index in [9.17, 15) is 4.79 Å². The molecule has 0 aliphatic rings. The molecule has 0 saturated heterocycles. The van der Waals surface area contributed by atoms with Gasteiger partial charge in [0.25, 0.3) is 0 Å². The summed E-state index contributed by atoms with van der Waals surface area (Å²) in [5, 5.41) is 2.84. The molecule has 1 N–H and O–H groups in total. The van der Waals surface area contributed by atoms with Crippen molar-refractivity contribution in [3.63, 3.8) is 0 Å². The molecule has 2 aromatic carbocycles. The van der Waals surface area contributed by atoms with E-state index < -0.39 is 0 Å². The van der Waals surface area contributed by atoms with Crippen molar-refractivity contribution in [2.45, 2.75) is 13.5 Å². The monoisotopic (exact) mass is 371 g/mol. The molecule has 0 unspecified atom stereocenters. The van der Waals surface area contributed by atoms with E-state index in [0.717, 1.165) is 16.9 Å². The Labute approximate surface area is 159 Å². The van der Waals surface area contributed by atoms with Crippen molar-refractivity contribution < 1.29 is 23.7 Å². The fourth-order valence-corrected chi connectivity index (χ4v) is 2.56. The molecule has 0 fully saturated rings. The largest absolute Gasteiger partial charge is 0.493 e. The first kappa shape index (κ1) is 20.2. The van der Waals surface area contributed by atoms with Gasteiger partial charge in [0.05, 0.1) is 27.9 Å². The fraction of sp³-hybridized carbons (Fsp3) is 0.286. The Bertz CT molecular complexity index is 776. The van der Waals surface area contributed by atoms with Crippen LogP contribution < -0.4 is 24.3 Å². The summed E-state index contributed by atoms with van der Waals surface area (Å²) in [5.74, 6) is 2.13. The van der Waals surface area contributed by atoms with E-state index in [0.29, 0.717) is 30.4 Å². The predicted molar refractivity (Wildman–Crippen MR) is 105 cm³/mol. The Kier molecular flexibility index (Phi) is 7.55. The van der Waals surface area contributed by atoms with Crippen LogP contribution in [-0.2, 0) is 11.3 Å². The Morgan fingerprint density at radius 2 is 1.67 bits per heavy atom. The van der Waals surface area contributed by atoms with Crippen molar-refractivity contribution >= 4 is 12.0 Å². The summed E-state index contributed by atoms with van der Waals surface area (Å²) in [6.45, 7) is 2.82. The van der Waals surface area contributed by atoms with Crippen molar-refractivity contribution in [2.24, 2.45) is 0 Å². The fourth-order valence-electron chi connectivity index (χ4n) is 2.56. The van der Waals surface area contributed by atoms with Gasteiger partial charge in [0.15, 0.2) is 11.5 Å². The van der Waals surface area contributed by atoms with Gasteiger partial charge in [-0.15, -0.1) is 0 Å². The summed E-state index contributed by atoms with van der Waals surface area (Å²) in [4.78, 5) is 12.2. The van der Waals surface area contributed by atoms with E-state index >= 15 is 0 Å². The zero-order chi connectivity index (χ0) is 19.6. The summed E-state index contributed by atoms with van der Waals surface area (Å²) >= 11 is 0. The lowest BCUT2D eigenvalue weighted by Crippen LogP contribution is -2.20. The van der Waals surface area contributed by atoms with Crippen LogP contribution in [0.25, 0.3) is 6.08 Å². The Balaban J connectivity index is 2.05.